The molecule has 8 heteroatoms. The molecule has 0 spiro atoms. The Hall–Kier alpha value is -1.38. The van der Waals surface area contributed by atoms with Crippen LogP contribution >= 0.6 is 0 Å². The number of likely N-dealkylation sites (tertiary alicyclic amines) is 1. The van der Waals surface area contributed by atoms with Crippen LogP contribution in [0.1, 0.15) is 33.1 Å². The number of amides is 1. The summed E-state index contributed by atoms with van der Waals surface area (Å²) in [5.41, 5.74) is 0. The van der Waals surface area contributed by atoms with E-state index in [-0.39, 0.29) is 5.91 Å². The average Bonchev–Trinajstić information content (AvgIpc) is 2.68. The first-order chi connectivity index (χ1) is 13.5. The number of nitrogens with zero attached hydrogens (tertiary/aromatic N) is 4. The standard InChI is InChI=1S/C20H41N7O/c1-5-9-22-19(28)16-27-10-7-17(8-11-27)24-20(21-6-2)23-14-18-15-25(3)12-13-26(18)4/h17-18H,5-16H2,1-4H3,(H,22,28)(H2,21,23,24). The number of carbonyl (C=O) groups excluding carboxylic acids is 1. The molecule has 3 N–H and O–H groups in total. The number of hydrogen-bond acceptors (Lipinski definition) is 5. The first kappa shape index (κ1) is 22.9. The van der Waals surface area contributed by atoms with Crippen LogP contribution in [-0.4, -0.2) is 112 Å². The molecule has 1 atom stereocenters. The predicted octanol–water partition coefficient (Wildman–Crippen LogP) is -0.222. The van der Waals surface area contributed by atoms with Gasteiger partial charge in [0.05, 0.1) is 13.1 Å². The SMILES string of the molecule is CCCNC(=O)CN1CCC(NC(=NCC2CN(C)CCN2C)NCC)CC1. The molecule has 2 fully saturated rings. The third-order valence-electron chi connectivity index (χ3n) is 5.65. The molecule has 2 heterocycles. The van der Waals surface area contributed by atoms with Gasteiger partial charge in [-0.05, 0) is 40.3 Å². The molecule has 162 valence electrons. The first-order valence-electron chi connectivity index (χ1n) is 10.9. The number of guanidine groups is 1. The maximum Gasteiger partial charge on any atom is 0.234 e. The van der Waals surface area contributed by atoms with E-state index < -0.39 is 0 Å². The predicted molar refractivity (Wildman–Crippen MR) is 116 cm³/mol. The largest absolute Gasteiger partial charge is 0.357 e. The van der Waals surface area contributed by atoms with Crippen molar-refractivity contribution in [1.29, 1.82) is 0 Å². The summed E-state index contributed by atoms with van der Waals surface area (Å²) >= 11 is 0. The van der Waals surface area contributed by atoms with Crippen LogP contribution in [0.15, 0.2) is 4.99 Å². The van der Waals surface area contributed by atoms with Crippen LogP contribution < -0.4 is 16.0 Å². The number of nitrogens with one attached hydrogen (secondary N) is 3. The zero-order chi connectivity index (χ0) is 20.4. The van der Waals surface area contributed by atoms with Crippen LogP contribution in [0.5, 0.6) is 0 Å². The van der Waals surface area contributed by atoms with Crippen molar-refractivity contribution in [3.63, 3.8) is 0 Å². The van der Waals surface area contributed by atoms with Gasteiger partial charge in [-0.25, -0.2) is 0 Å². The number of likely N-dealkylation sites (N-methyl/N-ethyl adjacent to an activating group) is 2. The van der Waals surface area contributed by atoms with E-state index in [4.69, 9.17) is 4.99 Å². The van der Waals surface area contributed by atoms with Gasteiger partial charge < -0.3 is 20.9 Å². The van der Waals surface area contributed by atoms with Gasteiger partial charge >= 0.3 is 0 Å². The van der Waals surface area contributed by atoms with Crippen LogP contribution in [0, 0.1) is 0 Å². The van der Waals surface area contributed by atoms with E-state index >= 15 is 0 Å². The molecule has 2 rings (SSSR count). The lowest BCUT2D eigenvalue weighted by Crippen LogP contribution is -2.52. The second kappa shape index (κ2) is 12.2. The zero-order valence-corrected chi connectivity index (χ0v) is 18.3. The summed E-state index contributed by atoms with van der Waals surface area (Å²) < 4.78 is 0. The monoisotopic (exact) mass is 395 g/mol. The third-order valence-corrected chi connectivity index (χ3v) is 5.65. The Morgan fingerprint density at radius 1 is 1.07 bits per heavy atom. The summed E-state index contributed by atoms with van der Waals surface area (Å²) in [7, 11) is 4.38. The molecule has 2 aliphatic rings. The Morgan fingerprint density at radius 2 is 1.82 bits per heavy atom. The Balaban J connectivity index is 1.77. The van der Waals surface area contributed by atoms with Crippen LogP contribution in [-0.2, 0) is 4.79 Å². The van der Waals surface area contributed by atoms with E-state index in [1.807, 2.05) is 0 Å². The molecule has 0 bridgehead atoms. The minimum absolute atomic E-state index is 0.143. The van der Waals surface area contributed by atoms with Gasteiger partial charge in [-0.2, -0.15) is 0 Å². The Labute approximate surface area is 171 Å². The summed E-state index contributed by atoms with van der Waals surface area (Å²) in [5, 5.41) is 9.96. The Bertz CT molecular complexity index is 491. The van der Waals surface area contributed by atoms with Gasteiger partial charge in [0.15, 0.2) is 5.96 Å². The van der Waals surface area contributed by atoms with Gasteiger partial charge in [-0.3, -0.25) is 19.6 Å². The van der Waals surface area contributed by atoms with Crippen LogP contribution in [0.2, 0.25) is 0 Å². The minimum Gasteiger partial charge on any atom is -0.357 e. The fraction of sp³-hybridized carbons (Fsp3) is 0.900. The highest BCUT2D eigenvalue weighted by Gasteiger charge is 2.23. The molecule has 8 nitrogen and oxygen atoms in total. The van der Waals surface area contributed by atoms with E-state index in [0.29, 0.717) is 18.6 Å². The fourth-order valence-corrected chi connectivity index (χ4v) is 3.77. The molecule has 2 aliphatic heterocycles. The van der Waals surface area contributed by atoms with Crippen molar-refractivity contribution in [2.75, 3.05) is 73.0 Å². The number of aliphatic imine (C=N–C) groups is 1. The van der Waals surface area contributed by atoms with E-state index in [0.717, 1.165) is 77.6 Å². The minimum atomic E-state index is 0.143. The summed E-state index contributed by atoms with van der Waals surface area (Å²) in [6.07, 6.45) is 3.06. The van der Waals surface area contributed by atoms with Gasteiger partial charge in [0.25, 0.3) is 0 Å². The fourth-order valence-electron chi connectivity index (χ4n) is 3.77. The molecule has 0 aromatic heterocycles. The van der Waals surface area contributed by atoms with E-state index in [1.165, 1.54) is 0 Å². The van der Waals surface area contributed by atoms with Gasteiger partial charge in [0.2, 0.25) is 5.91 Å². The van der Waals surface area contributed by atoms with Crippen molar-refractivity contribution in [2.24, 2.45) is 4.99 Å². The Kier molecular flexibility index (Phi) is 10.0. The number of piperazine rings is 1. The van der Waals surface area contributed by atoms with Crippen molar-refractivity contribution in [2.45, 2.75) is 45.2 Å². The maximum absolute atomic E-state index is 11.9. The second-order valence-corrected chi connectivity index (χ2v) is 8.16. The molecule has 0 saturated carbocycles. The van der Waals surface area contributed by atoms with Crippen molar-refractivity contribution in [3.05, 3.63) is 0 Å². The van der Waals surface area contributed by atoms with Crippen molar-refractivity contribution >= 4 is 11.9 Å². The quantitative estimate of drug-likeness (QED) is 0.390. The molecular formula is C20H41N7O. The number of hydrogen-bond donors (Lipinski definition) is 3. The molecule has 0 aromatic carbocycles. The lowest BCUT2D eigenvalue weighted by atomic mass is 10.1. The van der Waals surface area contributed by atoms with Crippen molar-refractivity contribution in [1.82, 2.24) is 30.7 Å². The van der Waals surface area contributed by atoms with E-state index in [1.54, 1.807) is 0 Å². The summed E-state index contributed by atoms with van der Waals surface area (Å²) in [5.74, 6) is 1.06. The van der Waals surface area contributed by atoms with E-state index in [2.05, 4.69) is 58.6 Å². The molecule has 1 amide bonds. The van der Waals surface area contributed by atoms with Gasteiger partial charge in [-0.15, -0.1) is 0 Å². The average molecular weight is 396 g/mol. The number of rotatable bonds is 8. The van der Waals surface area contributed by atoms with Crippen LogP contribution in [0.3, 0.4) is 0 Å². The number of carbonyl (C=O) groups is 1. The van der Waals surface area contributed by atoms with Gasteiger partial charge in [0, 0.05) is 57.9 Å². The molecule has 0 aromatic rings. The summed E-state index contributed by atoms with van der Waals surface area (Å²) in [6, 6.07) is 0.886. The van der Waals surface area contributed by atoms with Gasteiger partial charge in [0.1, 0.15) is 0 Å². The summed E-state index contributed by atoms with van der Waals surface area (Å²) in [6.45, 7) is 12.3. The molecular weight excluding hydrogens is 354 g/mol. The lowest BCUT2D eigenvalue weighted by Gasteiger charge is -2.37. The molecule has 28 heavy (non-hydrogen) atoms. The molecule has 1 unspecified atom stereocenters. The highest BCUT2D eigenvalue weighted by molar-refractivity contribution is 5.80. The molecule has 0 radical (unpaired) electrons. The summed E-state index contributed by atoms with van der Waals surface area (Å²) in [4.78, 5) is 23.8. The lowest BCUT2D eigenvalue weighted by molar-refractivity contribution is -0.122. The molecule has 0 aliphatic carbocycles. The first-order valence-corrected chi connectivity index (χ1v) is 10.9. The topological polar surface area (TPSA) is 75.2 Å². The Morgan fingerprint density at radius 3 is 2.50 bits per heavy atom. The van der Waals surface area contributed by atoms with Crippen molar-refractivity contribution in [3.8, 4) is 0 Å². The van der Waals surface area contributed by atoms with Crippen LogP contribution in [0.4, 0.5) is 0 Å². The van der Waals surface area contributed by atoms with Crippen LogP contribution in [0.25, 0.3) is 0 Å². The number of piperidine rings is 1. The van der Waals surface area contributed by atoms with Gasteiger partial charge in [-0.1, -0.05) is 6.92 Å². The highest BCUT2D eigenvalue weighted by atomic mass is 16.2. The normalized spacial score (nSPS) is 23.6. The smallest absolute Gasteiger partial charge is 0.234 e. The molecule has 2 saturated heterocycles. The van der Waals surface area contributed by atoms with E-state index in [9.17, 15) is 4.79 Å². The third kappa shape index (κ3) is 7.93. The highest BCUT2D eigenvalue weighted by Crippen LogP contribution is 2.10. The maximum atomic E-state index is 11.9. The zero-order valence-electron chi connectivity index (χ0n) is 18.3. The van der Waals surface area contributed by atoms with Crippen molar-refractivity contribution < 1.29 is 4.79 Å². The second-order valence-electron chi connectivity index (χ2n) is 8.16.